The van der Waals surface area contributed by atoms with Gasteiger partial charge in [0.15, 0.2) is 0 Å². The zero-order valence-corrected chi connectivity index (χ0v) is 38.7. The van der Waals surface area contributed by atoms with Crippen LogP contribution in [0.4, 0.5) is 9.59 Å². The number of likely N-dealkylation sites (tertiary alicyclic amines) is 2. The number of nitrogens with one attached hydrogen (secondary N) is 4. The predicted molar refractivity (Wildman–Crippen MR) is 249 cm³/mol. The van der Waals surface area contributed by atoms with Gasteiger partial charge in [-0.15, -0.1) is 0 Å². The van der Waals surface area contributed by atoms with E-state index in [4.69, 9.17) is 19.4 Å². The van der Waals surface area contributed by atoms with E-state index < -0.39 is 24.3 Å². The molecule has 9 rings (SSSR count). The summed E-state index contributed by atoms with van der Waals surface area (Å²) in [4.78, 5) is 72.7. The highest BCUT2D eigenvalue weighted by molar-refractivity contribution is 5.89. The van der Waals surface area contributed by atoms with Crippen LogP contribution in [0, 0.1) is 23.7 Å². The third-order valence-electron chi connectivity index (χ3n) is 14.5. The smallest absolute Gasteiger partial charge is 0.407 e. The van der Waals surface area contributed by atoms with Crippen molar-refractivity contribution in [3.8, 4) is 33.5 Å². The number of hydrogen-bond donors (Lipinski definition) is 4. The molecule has 65 heavy (non-hydrogen) atoms. The van der Waals surface area contributed by atoms with Gasteiger partial charge < -0.3 is 39.9 Å². The number of hydrogen-bond acceptors (Lipinski definition) is 8. The lowest BCUT2D eigenvalue weighted by atomic mass is 9.81. The Morgan fingerprint density at radius 3 is 1.71 bits per heavy atom. The van der Waals surface area contributed by atoms with Gasteiger partial charge >= 0.3 is 12.2 Å². The number of alkyl carbamates (subject to hydrolysis) is 2. The number of ether oxygens (including phenoxy) is 2. The minimum absolute atomic E-state index is 0.112. The van der Waals surface area contributed by atoms with Gasteiger partial charge in [-0.3, -0.25) is 9.59 Å². The van der Waals surface area contributed by atoms with Crippen molar-refractivity contribution in [3.05, 3.63) is 83.6 Å². The van der Waals surface area contributed by atoms with Gasteiger partial charge in [0.1, 0.15) is 23.7 Å². The van der Waals surface area contributed by atoms with Crippen LogP contribution in [0.5, 0.6) is 0 Å². The van der Waals surface area contributed by atoms with Crippen LogP contribution in [0.2, 0.25) is 0 Å². The van der Waals surface area contributed by atoms with Gasteiger partial charge in [0, 0.05) is 13.1 Å². The maximum atomic E-state index is 13.9. The molecule has 5 aromatic rings. The average molecular weight is 883 g/mol. The summed E-state index contributed by atoms with van der Waals surface area (Å²) in [7, 11) is 2.61. The molecular formula is C51H62N8O6. The Labute approximate surface area is 380 Å². The summed E-state index contributed by atoms with van der Waals surface area (Å²) >= 11 is 0. The average Bonchev–Trinajstić information content (AvgIpc) is 4.17. The second kappa shape index (κ2) is 17.7. The molecule has 8 atom stereocenters. The molecule has 4 heterocycles. The Bertz CT molecular complexity index is 2620. The molecule has 14 heteroatoms. The van der Waals surface area contributed by atoms with Crippen LogP contribution in [-0.4, -0.2) is 93.1 Å². The summed E-state index contributed by atoms with van der Waals surface area (Å²) in [5.41, 5.74) is 11.5. The molecule has 4 amide bonds. The van der Waals surface area contributed by atoms with Crippen molar-refractivity contribution < 1.29 is 28.7 Å². The number of carbonyl (C=O) groups is 4. The fraction of sp³-hybridized carbons (Fsp3) is 0.490. The first-order chi connectivity index (χ1) is 31.2. The molecule has 0 spiro atoms. The van der Waals surface area contributed by atoms with E-state index in [0.717, 1.165) is 52.3 Å². The first-order valence-electron chi connectivity index (χ1n) is 23.3. The lowest BCUT2D eigenvalue weighted by Crippen LogP contribution is -2.51. The molecule has 3 fully saturated rings. The van der Waals surface area contributed by atoms with Crippen LogP contribution >= 0.6 is 0 Å². The Balaban J connectivity index is 0.959. The van der Waals surface area contributed by atoms with Crippen molar-refractivity contribution in [2.45, 2.75) is 110 Å². The van der Waals surface area contributed by atoms with Crippen LogP contribution in [-0.2, 0) is 19.1 Å². The van der Waals surface area contributed by atoms with Gasteiger partial charge in [-0.1, -0.05) is 84.0 Å². The Hall–Kier alpha value is -6.18. The monoisotopic (exact) mass is 882 g/mol. The Kier molecular flexibility index (Phi) is 12.0. The molecule has 2 bridgehead atoms. The van der Waals surface area contributed by atoms with E-state index in [9.17, 15) is 19.2 Å². The van der Waals surface area contributed by atoms with Crippen LogP contribution in [0.1, 0.15) is 120 Å². The molecule has 4 N–H and O–H groups in total. The van der Waals surface area contributed by atoms with Crippen molar-refractivity contribution in [2.75, 3.05) is 27.3 Å². The highest BCUT2D eigenvalue weighted by Gasteiger charge is 2.43. The molecule has 14 nitrogen and oxygen atoms in total. The number of imidazole rings is 2. The minimum atomic E-state index is -0.699. The van der Waals surface area contributed by atoms with E-state index in [1.54, 1.807) is 0 Å². The molecule has 3 aromatic carbocycles. The van der Waals surface area contributed by atoms with Gasteiger partial charge in [-0.2, -0.15) is 0 Å². The zero-order valence-electron chi connectivity index (χ0n) is 38.7. The van der Waals surface area contributed by atoms with E-state index >= 15 is 0 Å². The summed E-state index contributed by atoms with van der Waals surface area (Å²) in [6, 6.07) is 17.9. The Morgan fingerprint density at radius 2 is 1.17 bits per heavy atom. The van der Waals surface area contributed by atoms with Gasteiger partial charge in [0.05, 0.1) is 49.2 Å². The quantitative estimate of drug-likeness (QED) is 0.102. The predicted octanol–water partition coefficient (Wildman–Crippen LogP) is 9.23. The maximum absolute atomic E-state index is 13.9. The molecule has 342 valence electrons. The van der Waals surface area contributed by atoms with Crippen molar-refractivity contribution in [1.82, 2.24) is 40.4 Å². The zero-order chi connectivity index (χ0) is 45.8. The summed E-state index contributed by atoms with van der Waals surface area (Å²) in [6.07, 6.45) is 5.74. The standard InChI is InChI=1S/C51H62N8O6/c1-26(2)44(56-50(62)64-7)48(60)58-24-28(5)19-40(58)46-52-23-39(55-46)31-11-9-30(10-12-31)35-16-17-36(43-34-14-13-33(21-34)42(35)43)32-15-18-37-38(22-32)54-47(53-37)41-20-29(6)25-59(41)49(61)45(27(3)4)57-51(63)65-8/h9-12,15-18,22-23,26-29,33-34,40-41,44-45H,13-14,19-21,24-25H2,1-8H3,(H,52,55)(H,53,54)(H,56,62)(H,57,63)/t28-,29-,33?,34?,40?,41+,44+,45+/m1/s1. The molecule has 2 saturated heterocycles. The number of fused-ring (bicyclic) bond motifs is 6. The van der Waals surface area contributed by atoms with Gasteiger partial charge in [-0.25, -0.2) is 19.6 Å². The van der Waals surface area contributed by atoms with Gasteiger partial charge in [0.2, 0.25) is 11.8 Å². The topological polar surface area (TPSA) is 175 Å². The van der Waals surface area contributed by atoms with E-state index in [1.165, 1.54) is 61.3 Å². The molecule has 3 unspecified atom stereocenters. The molecule has 0 radical (unpaired) electrons. The number of H-pyrrole nitrogens is 2. The van der Waals surface area contributed by atoms with Crippen molar-refractivity contribution >= 4 is 35.0 Å². The van der Waals surface area contributed by atoms with Gasteiger partial charge in [-0.05, 0) is 119 Å². The number of aromatic nitrogens is 4. The normalized spacial score (nSPS) is 23.3. The molecule has 4 aliphatic rings. The van der Waals surface area contributed by atoms with E-state index in [2.05, 4.69) is 89.0 Å². The number of nitrogens with zero attached hydrogens (tertiary/aromatic N) is 4. The summed E-state index contributed by atoms with van der Waals surface area (Å²) in [5, 5.41) is 5.49. The summed E-state index contributed by atoms with van der Waals surface area (Å²) in [6.45, 7) is 13.2. The minimum Gasteiger partial charge on any atom is -0.453 e. The second-order valence-electron chi connectivity index (χ2n) is 19.7. The molecular weight excluding hydrogens is 821 g/mol. The van der Waals surface area contributed by atoms with E-state index in [-0.39, 0.29) is 47.6 Å². The Morgan fingerprint density at radius 1 is 0.662 bits per heavy atom. The van der Waals surface area contributed by atoms with Crippen molar-refractivity contribution in [3.63, 3.8) is 0 Å². The fourth-order valence-corrected chi connectivity index (χ4v) is 11.2. The summed E-state index contributed by atoms with van der Waals surface area (Å²) in [5.74, 6) is 2.63. The number of carbonyl (C=O) groups excluding carboxylic acids is 4. The van der Waals surface area contributed by atoms with Gasteiger partial charge in [0.25, 0.3) is 0 Å². The third kappa shape index (κ3) is 8.25. The number of amides is 4. The van der Waals surface area contributed by atoms with Crippen LogP contribution in [0.15, 0.2) is 60.8 Å². The number of methoxy groups -OCH3 is 2. The van der Waals surface area contributed by atoms with E-state index in [1.807, 2.05) is 43.7 Å². The summed E-state index contributed by atoms with van der Waals surface area (Å²) < 4.78 is 9.66. The van der Waals surface area contributed by atoms with Crippen LogP contribution < -0.4 is 10.6 Å². The lowest BCUT2D eigenvalue weighted by molar-refractivity contribution is -0.136. The molecule has 2 aliphatic carbocycles. The highest BCUT2D eigenvalue weighted by atomic mass is 16.5. The first kappa shape index (κ1) is 44.0. The number of benzene rings is 3. The largest absolute Gasteiger partial charge is 0.453 e. The number of rotatable bonds is 11. The second-order valence-corrected chi connectivity index (χ2v) is 19.7. The third-order valence-corrected chi connectivity index (χ3v) is 14.5. The van der Waals surface area contributed by atoms with Crippen molar-refractivity contribution in [2.24, 2.45) is 23.7 Å². The highest BCUT2D eigenvalue weighted by Crippen LogP contribution is 2.58. The van der Waals surface area contributed by atoms with Crippen molar-refractivity contribution in [1.29, 1.82) is 0 Å². The lowest BCUT2D eigenvalue weighted by Gasteiger charge is -2.30. The van der Waals surface area contributed by atoms with Crippen LogP contribution in [0.25, 0.3) is 44.5 Å². The fourth-order valence-electron chi connectivity index (χ4n) is 11.2. The number of aromatic amines is 2. The molecule has 2 aromatic heterocycles. The van der Waals surface area contributed by atoms with E-state index in [0.29, 0.717) is 24.9 Å². The van der Waals surface area contributed by atoms with Crippen LogP contribution in [0.3, 0.4) is 0 Å². The molecule has 2 aliphatic heterocycles. The first-order valence-corrected chi connectivity index (χ1v) is 23.3. The molecule has 1 saturated carbocycles. The SMILES string of the molecule is COC(=O)N[C@H](C(=O)N1C[C@H](C)CC1c1ncc(-c2ccc(-c3ccc(-c4ccc5nc([C@@H]6C[C@@H](C)CN6C(=O)[C@@H](NC(=O)OC)C(C)C)[nH]c5c4)c4c3C3CCC4C3)cc2)[nH]1)C(C)C. The maximum Gasteiger partial charge on any atom is 0.407 e.